The van der Waals surface area contributed by atoms with Crippen molar-refractivity contribution in [1.82, 2.24) is 4.98 Å². The lowest BCUT2D eigenvalue weighted by atomic mass is 11.0. The summed E-state index contributed by atoms with van der Waals surface area (Å²) < 4.78 is 0. The van der Waals surface area contributed by atoms with Crippen LogP contribution in [-0.2, 0) is 4.79 Å². The average molecular weight is 114 g/mol. The molecule has 0 radical (unpaired) electrons. The smallest absolute Gasteiger partial charge is 0.235 e. The number of carbonyl (C=O) groups excluding carboxylic acids is 1. The number of thiazole rings is 1. The van der Waals surface area contributed by atoms with E-state index in [1.165, 1.54) is 0 Å². The van der Waals surface area contributed by atoms with Crippen molar-refractivity contribution < 1.29 is 4.79 Å². The Morgan fingerprint density at radius 3 is 2.86 bits per heavy atom. The van der Waals surface area contributed by atoms with Gasteiger partial charge in [-0.15, -0.1) is 0 Å². The summed E-state index contributed by atoms with van der Waals surface area (Å²) in [6.07, 6.45) is 1.64. The molecule has 1 rings (SSSR count). The molecule has 0 saturated carbocycles. The van der Waals surface area contributed by atoms with Gasteiger partial charge in [0.25, 0.3) is 0 Å². The van der Waals surface area contributed by atoms with E-state index in [2.05, 4.69) is 4.98 Å². The van der Waals surface area contributed by atoms with Crippen LogP contribution in [-0.4, -0.2) is 10.6 Å². The Hall–Kier alpha value is -0.700. The van der Waals surface area contributed by atoms with E-state index in [1.54, 1.807) is 17.1 Å². The summed E-state index contributed by atoms with van der Waals surface area (Å²) in [5.41, 5.74) is 2.51. The van der Waals surface area contributed by atoms with E-state index in [-0.39, 0.29) is 10.5 Å². The SMILES string of the molecule is O=C[s+]1ccnc1. The second-order valence-corrected chi connectivity index (χ2v) is 2.54. The number of carbonyl (C=O) groups is 1. The van der Waals surface area contributed by atoms with E-state index in [4.69, 9.17) is 0 Å². The van der Waals surface area contributed by atoms with Crippen molar-refractivity contribution in [2.75, 3.05) is 0 Å². The van der Waals surface area contributed by atoms with Crippen molar-refractivity contribution in [3.63, 3.8) is 0 Å². The van der Waals surface area contributed by atoms with Gasteiger partial charge in [-0.1, -0.05) is 0 Å². The lowest BCUT2D eigenvalue weighted by molar-refractivity contribution is 0.569. The molecule has 1 aromatic rings. The van der Waals surface area contributed by atoms with Crippen LogP contribution in [0.25, 0.3) is 0 Å². The van der Waals surface area contributed by atoms with Crippen LogP contribution in [0.15, 0.2) is 17.1 Å². The molecule has 1 atom stereocenters. The molecule has 1 heterocycles. The molecule has 0 aliphatic heterocycles. The zero-order valence-corrected chi connectivity index (χ0v) is 4.39. The molecule has 0 bridgehead atoms. The monoisotopic (exact) mass is 114 g/mol. The molecule has 36 valence electrons. The highest BCUT2D eigenvalue weighted by molar-refractivity contribution is 7.45. The van der Waals surface area contributed by atoms with Crippen molar-refractivity contribution in [3.05, 3.63) is 17.1 Å². The normalized spacial score (nSPS) is 11.1. The van der Waals surface area contributed by atoms with Gasteiger partial charge in [0.2, 0.25) is 5.51 Å². The van der Waals surface area contributed by atoms with Gasteiger partial charge in [0.05, 0.1) is 16.7 Å². The number of hydrogen-bond acceptors (Lipinski definition) is 2. The Morgan fingerprint density at radius 2 is 2.57 bits per heavy atom. The van der Waals surface area contributed by atoms with Crippen LogP contribution in [0.3, 0.4) is 0 Å². The molecule has 1 unspecified atom stereocenters. The second kappa shape index (κ2) is 1.84. The lowest BCUT2D eigenvalue weighted by Gasteiger charge is -1.53. The highest BCUT2D eigenvalue weighted by atomic mass is 32.2. The van der Waals surface area contributed by atoms with E-state index in [9.17, 15) is 4.79 Å². The van der Waals surface area contributed by atoms with E-state index >= 15 is 0 Å². The summed E-state index contributed by atoms with van der Waals surface area (Å²) in [5.74, 6) is 0. The summed E-state index contributed by atoms with van der Waals surface area (Å²) in [7, 11) is -0.287. The molecular formula is C4H4NOS+. The Balaban J connectivity index is 2.96. The third kappa shape index (κ3) is 0.838. The number of aromatic nitrogens is 1. The molecule has 0 amide bonds. The van der Waals surface area contributed by atoms with Gasteiger partial charge in [0.1, 0.15) is 0 Å². The van der Waals surface area contributed by atoms with Gasteiger partial charge in [-0.05, 0) is 0 Å². The molecule has 0 spiro atoms. The minimum absolute atomic E-state index is 0.287. The third-order valence-electron chi connectivity index (χ3n) is 0.598. The standard InChI is InChI=1S/C4H4NOS/c6-4-7-2-1-5-3-7/h1-4H/q+1. The van der Waals surface area contributed by atoms with Crippen LogP contribution in [0.4, 0.5) is 0 Å². The van der Waals surface area contributed by atoms with Crippen molar-refractivity contribution in [2.45, 2.75) is 0 Å². The molecule has 3 heteroatoms. The zero-order chi connectivity index (χ0) is 5.11. The first-order chi connectivity index (χ1) is 3.43. The fourth-order valence-electron chi connectivity index (χ4n) is 0.303. The van der Waals surface area contributed by atoms with Crippen molar-refractivity contribution in [1.29, 1.82) is 0 Å². The van der Waals surface area contributed by atoms with E-state index < -0.39 is 0 Å². The molecule has 0 aromatic carbocycles. The molecular weight excluding hydrogens is 110 g/mol. The predicted octanol–water partition coefficient (Wildman–Crippen LogP) is 0.869. The van der Waals surface area contributed by atoms with Gasteiger partial charge in [-0.25, -0.2) is 9.78 Å². The first-order valence-electron chi connectivity index (χ1n) is 1.79. The Labute approximate surface area is 43.8 Å². The first kappa shape index (κ1) is 4.46. The van der Waals surface area contributed by atoms with Crippen molar-refractivity contribution in [3.8, 4) is 0 Å². The lowest BCUT2D eigenvalue weighted by Crippen LogP contribution is -1.51. The Bertz CT molecular complexity index is 147. The van der Waals surface area contributed by atoms with Crippen LogP contribution in [0.1, 0.15) is 0 Å². The maximum Gasteiger partial charge on any atom is 0.345 e. The first-order valence-corrected chi connectivity index (χ1v) is 3.21. The highest BCUT2D eigenvalue weighted by Gasteiger charge is 1.94. The topological polar surface area (TPSA) is 30.0 Å². The fourth-order valence-corrected chi connectivity index (χ4v) is 0.909. The summed E-state index contributed by atoms with van der Waals surface area (Å²) in [4.78, 5) is 13.6. The predicted molar refractivity (Wildman–Crippen MR) is 28.9 cm³/mol. The zero-order valence-electron chi connectivity index (χ0n) is 3.57. The van der Waals surface area contributed by atoms with Gasteiger partial charge in [0.15, 0.2) is 5.38 Å². The Kier molecular flexibility index (Phi) is 1.17. The summed E-state index contributed by atoms with van der Waals surface area (Å²) in [6, 6.07) is 0. The minimum atomic E-state index is -0.287. The fraction of sp³-hybridized carbons (Fsp3) is 0. The molecule has 0 aliphatic carbocycles. The van der Waals surface area contributed by atoms with Crippen LogP contribution in [0.2, 0.25) is 0 Å². The van der Waals surface area contributed by atoms with E-state index in [0.29, 0.717) is 0 Å². The van der Waals surface area contributed by atoms with Crippen LogP contribution in [0, 0.1) is 0 Å². The van der Waals surface area contributed by atoms with Gasteiger partial charge in [0, 0.05) is 0 Å². The number of nitrogens with zero attached hydrogens (tertiary/aromatic N) is 1. The largest absolute Gasteiger partial charge is 0.345 e. The van der Waals surface area contributed by atoms with Gasteiger partial charge < -0.3 is 0 Å². The molecule has 0 saturated heterocycles. The number of hydrogen-bond donors (Lipinski definition) is 0. The van der Waals surface area contributed by atoms with Crippen LogP contribution in [0.5, 0.6) is 0 Å². The molecule has 1 aromatic heterocycles. The molecule has 7 heavy (non-hydrogen) atoms. The van der Waals surface area contributed by atoms with Crippen LogP contribution < -0.4 is 0 Å². The summed E-state index contributed by atoms with van der Waals surface area (Å²) in [6.45, 7) is 0. The van der Waals surface area contributed by atoms with E-state index in [1.807, 2.05) is 0 Å². The Morgan fingerprint density at radius 1 is 1.71 bits per heavy atom. The van der Waals surface area contributed by atoms with E-state index in [0.717, 1.165) is 5.62 Å². The molecule has 2 nitrogen and oxygen atoms in total. The van der Waals surface area contributed by atoms with Gasteiger partial charge in [-0.2, -0.15) is 0 Å². The van der Waals surface area contributed by atoms with Crippen LogP contribution >= 0.6 is 10.5 Å². The molecule has 0 fully saturated rings. The maximum absolute atomic E-state index is 9.88. The third-order valence-corrected chi connectivity index (χ3v) is 1.62. The quantitative estimate of drug-likeness (QED) is 0.400. The van der Waals surface area contributed by atoms with Gasteiger partial charge in [-0.3, -0.25) is 0 Å². The molecule has 0 N–H and O–H groups in total. The second-order valence-electron chi connectivity index (χ2n) is 1.04. The van der Waals surface area contributed by atoms with Crippen molar-refractivity contribution >= 4 is 16.1 Å². The molecule has 0 aliphatic rings. The van der Waals surface area contributed by atoms with Gasteiger partial charge >= 0.3 is 5.62 Å². The average Bonchev–Trinajstić information content (AvgIpc) is 2.14. The summed E-state index contributed by atoms with van der Waals surface area (Å²) >= 11 is 0. The maximum atomic E-state index is 9.88. The van der Waals surface area contributed by atoms with Crippen molar-refractivity contribution in [2.24, 2.45) is 0 Å². The number of rotatable bonds is 1. The highest BCUT2D eigenvalue weighted by Crippen LogP contribution is 2.06. The minimum Gasteiger partial charge on any atom is -0.235 e. The summed E-state index contributed by atoms with van der Waals surface area (Å²) in [5, 5.41) is 1.77.